The van der Waals surface area contributed by atoms with Crippen LogP contribution in [-0.2, 0) is 16.6 Å². The Morgan fingerprint density at radius 3 is 2.50 bits per heavy atom. The number of rotatable bonds is 3. The summed E-state index contributed by atoms with van der Waals surface area (Å²) in [6.07, 6.45) is 0.183. The Balaban J connectivity index is 2.96. The Hall–Kier alpha value is -2.05. The summed E-state index contributed by atoms with van der Waals surface area (Å²) in [4.78, 5) is 22.7. The normalized spacial score (nSPS) is 12.9. The van der Waals surface area contributed by atoms with E-state index in [0.29, 0.717) is 5.69 Å². The minimum Gasteiger partial charge on any atom is -0.465 e. The van der Waals surface area contributed by atoms with Gasteiger partial charge in [0.15, 0.2) is 6.04 Å². The van der Waals surface area contributed by atoms with Crippen molar-refractivity contribution in [1.82, 2.24) is 15.1 Å². The number of amides is 1. The highest BCUT2D eigenvalue weighted by Crippen LogP contribution is 2.17. The number of hydrogen-bond acceptors (Lipinski definition) is 4. The van der Waals surface area contributed by atoms with Gasteiger partial charge in [-0.05, 0) is 26.8 Å². The van der Waals surface area contributed by atoms with Gasteiger partial charge in [-0.1, -0.05) is 0 Å². The summed E-state index contributed by atoms with van der Waals surface area (Å²) in [6, 6.07) is 0.471. The van der Waals surface area contributed by atoms with Gasteiger partial charge >= 0.3 is 12.1 Å². The SMILES string of the molecule is Cn1nccc1C(NC(=O)O)C(=O)OC(C)(C)C. The van der Waals surface area contributed by atoms with Crippen LogP contribution in [0, 0.1) is 0 Å². The predicted molar refractivity (Wildman–Crippen MR) is 63.0 cm³/mol. The molecule has 1 aromatic rings. The summed E-state index contributed by atoms with van der Waals surface area (Å²) in [5, 5.41) is 14.8. The van der Waals surface area contributed by atoms with E-state index < -0.39 is 23.7 Å². The number of esters is 1. The lowest BCUT2D eigenvalue weighted by atomic mass is 10.1. The molecule has 18 heavy (non-hydrogen) atoms. The van der Waals surface area contributed by atoms with E-state index in [9.17, 15) is 9.59 Å². The maximum Gasteiger partial charge on any atom is 0.405 e. The number of carbonyl (C=O) groups is 2. The second-order valence-electron chi connectivity index (χ2n) is 4.80. The average Bonchev–Trinajstić information content (AvgIpc) is 2.57. The van der Waals surface area contributed by atoms with Crippen LogP contribution in [0.25, 0.3) is 0 Å². The fourth-order valence-corrected chi connectivity index (χ4v) is 1.41. The molecule has 7 heteroatoms. The summed E-state index contributed by atoms with van der Waals surface area (Å²) in [5.41, 5.74) is -0.264. The van der Waals surface area contributed by atoms with Crippen LogP contribution in [0.1, 0.15) is 32.5 Å². The molecule has 2 N–H and O–H groups in total. The highest BCUT2D eigenvalue weighted by molar-refractivity contribution is 5.82. The Morgan fingerprint density at radius 2 is 2.11 bits per heavy atom. The first-order chi connectivity index (χ1) is 8.20. The number of carbonyl (C=O) groups excluding carboxylic acids is 1. The summed E-state index contributed by atoms with van der Waals surface area (Å²) in [5.74, 6) is -0.659. The van der Waals surface area contributed by atoms with Gasteiger partial charge in [-0.15, -0.1) is 0 Å². The maximum absolute atomic E-state index is 12.0. The summed E-state index contributed by atoms with van der Waals surface area (Å²) >= 11 is 0. The van der Waals surface area contributed by atoms with E-state index in [2.05, 4.69) is 10.4 Å². The smallest absolute Gasteiger partial charge is 0.405 e. The van der Waals surface area contributed by atoms with Crippen molar-refractivity contribution in [3.05, 3.63) is 18.0 Å². The zero-order valence-electron chi connectivity index (χ0n) is 10.8. The molecule has 0 aliphatic carbocycles. The molecule has 0 radical (unpaired) electrons. The molecule has 7 nitrogen and oxygen atoms in total. The van der Waals surface area contributed by atoms with Crippen LogP contribution in [-0.4, -0.2) is 32.6 Å². The minimum absolute atomic E-state index is 0.423. The number of aromatic nitrogens is 2. The number of carboxylic acid groups (broad SMARTS) is 1. The lowest BCUT2D eigenvalue weighted by Gasteiger charge is -2.23. The molecule has 1 heterocycles. The van der Waals surface area contributed by atoms with Gasteiger partial charge in [-0.2, -0.15) is 5.10 Å². The topological polar surface area (TPSA) is 93.5 Å². The number of aryl methyl sites for hydroxylation is 1. The van der Waals surface area contributed by atoms with Crippen molar-refractivity contribution in [3.63, 3.8) is 0 Å². The van der Waals surface area contributed by atoms with Gasteiger partial charge in [0.2, 0.25) is 0 Å². The third-order valence-corrected chi connectivity index (χ3v) is 2.06. The zero-order chi connectivity index (χ0) is 13.9. The fraction of sp³-hybridized carbons (Fsp3) is 0.545. The molecule has 0 fully saturated rings. The Morgan fingerprint density at radius 1 is 1.50 bits per heavy atom. The molecule has 0 spiro atoms. The van der Waals surface area contributed by atoms with Crippen LogP contribution >= 0.6 is 0 Å². The van der Waals surface area contributed by atoms with E-state index in [1.54, 1.807) is 33.9 Å². The largest absolute Gasteiger partial charge is 0.465 e. The first-order valence-electron chi connectivity index (χ1n) is 5.41. The Kier molecular flexibility index (Phi) is 3.95. The van der Waals surface area contributed by atoms with Gasteiger partial charge < -0.3 is 15.2 Å². The summed E-state index contributed by atoms with van der Waals surface area (Å²) < 4.78 is 6.59. The summed E-state index contributed by atoms with van der Waals surface area (Å²) in [7, 11) is 1.62. The van der Waals surface area contributed by atoms with Crippen LogP contribution in [0.5, 0.6) is 0 Å². The van der Waals surface area contributed by atoms with Crippen LogP contribution in [0.2, 0.25) is 0 Å². The van der Waals surface area contributed by atoms with Crippen LogP contribution < -0.4 is 5.32 Å². The molecule has 0 aromatic carbocycles. The van der Waals surface area contributed by atoms with E-state index in [0.717, 1.165) is 0 Å². The van der Waals surface area contributed by atoms with Gasteiger partial charge in [0.05, 0.1) is 5.69 Å². The van der Waals surface area contributed by atoms with E-state index in [1.165, 1.54) is 10.9 Å². The zero-order valence-corrected chi connectivity index (χ0v) is 10.8. The molecule has 0 saturated carbocycles. The molecule has 0 aliphatic heterocycles. The highest BCUT2D eigenvalue weighted by atomic mass is 16.6. The van der Waals surface area contributed by atoms with Gasteiger partial charge in [-0.25, -0.2) is 9.59 Å². The Bertz CT molecular complexity index is 447. The van der Waals surface area contributed by atoms with Crippen molar-refractivity contribution in [3.8, 4) is 0 Å². The molecular weight excluding hydrogens is 238 g/mol. The molecule has 0 saturated heterocycles. The van der Waals surface area contributed by atoms with Crippen LogP contribution in [0.15, 0.2) is 12.3 Å². The molecule has 1 amide bonds. The monoisotopic (exact) mass is 255 g/mol. The van der Waals surface area contributed by atoms with Crippen molar-refractivity contribution in [2.75, 3.05) is 0 Å². The van der Waals surface area contributed by atoms with Crippen molar-refractivity contribution >= 4 is 12.1 Å². The molecule has 1 aromatic heterocycles. The second kappa shape index (κ2) is 5.07. The fourth-order valence-electron chi connectivity index (χ4n) is 1.41. The number of hydrogen-bond donors (Lipinski definition) is 2. The molecule has 1 atom stereocenters. The first-order valence-corrected chi connectivity index (χ1v) is 5.41. The minimum atomic E-state index is -1.30. The number of nitrogens with zero attached hydrogens (tertiary/aromatic N) is 2. The van der Waals surface area contributed by atoms with E-state index in [4.69, 9.17) is 9.84 Å². The van der Waals surface area contributed by atoms with Crippen molar-refractivity contribution in [1.29, 1.82) is 0 Å². The number of ether oxygens (including phenoxy) is 1. The van der Waals surface area contributed by atoms with Crippen LogP contribution in [0.4, 0.5) is 4.79 Å². The Labute approximate surface area is 105 Å². The highest BCUT2D eigenvalue weighted by Gasteiger charge is 2.30. The van der Waals surface area contributed by atoms with Gasteiger partial charge in [0.1, 0.15) is 5.60 Å². The summed E-state index contributed by atoms with van der Waals surface area (Å²) in [6.45, 7) is 5.14. The molecule has 1 unspecified atom stereocenters. The van der Waals surface area contributed by atoms with Crippen LogP contribution in [0.3, 0.4) is 0 Å². The first kappa shape index (κ1) is 14.0. The molecule has 0 aliphatic rings. The van der Waals surface area contributed by atoms with Crippen molar-refractivity contribution in [2.24, 2.45) is 7.05 Å². The molecule has 1 rings (SSSR count). The van der Waals surface area contributed by atoms with E-state index >= 15 is 0 Å². The lowest BCUT2D eigenvalue weighted by molar-refractivity contribution is -0.157. The van der Waals surface area contributed by atoms with Crippen molar-refractivity contribution < 1.29 is 19.4 Å². The quantitative estimate of drug-likeness (QED) is 0.788. The van der Waals surface area contributed by atoms with Gasteiger partial charge in [0.25, 0.3) is 0 Å². The third-order valence-electron chi connectivity index (χ3n) is 2.06. The predicted octanol–water partition coefficient (Wildman–Crippen LogP) is 1.07. The second-order valence-corrected chi connectivity index (χ2v) is 4.80. The van der Waals surface area contributed by atoms with Gasteiger partial charge in [-0.3, -0.25) is 4.68 Å². The van der Waals surface area contributed by atoms with E-state index in [1.807, 2.05) is 0 Å². The van der Waals surface area contributed by atoms with Gasteiger partial charge in [0, 0.05) is 13.2 Å². The van der Waals surface area contributed by atoms with Crippen molar-refractivity contribution in [2.45, 2.75) is 32.4 Å². The molecular formula is C11H17N3O4. The average molecular weight is 255 g/mol. The maximum atomic E-state index is 12.0. The standard InChI is InChI=1S/C11H17N3O4/c1-11(2,3)18-9(15)8(13-10(16)17)7-5-6-12-14(7)4/h5-6,8,13H,1-4H3,(H,16,17). The lowest BCUT2D eigenvalue weighted by Crippen LogP contribution is -2.38. The molecule has 0 bridgehead atoms. The molecule has 100 valence electrons. The third kappa shape index (κ3) is 3.76. The number of nitrogens with one attached hydrogen (secondary N) is 1. The van der Waals surface area contributed by atoms with E-state index in [-0.39, 0.29) is 0 Å².